The molecule has 3 aromatic carbocycles. The molecule has 0 radical (unpaired) electrons. The molecule has 107 heavy (non-hydrogen) atoms. The van der Waals surface area contributed by atoms with E-state index in [1.807, 2.05) is 100 Å². The maximum Gasteiger partial charge on any atom is 0.397 e. The van der Waals surface area contributed by atoms with E-state index < -0.39 is 24.7 Å². The Hall–Kier alpha value is -10.5. The fourth-order valence-electron chi connectivity index (χ4n) is 12.1. The fourth-order valence-corrected chi connectivity index (χ4v) is 14.4. The monoisotopic (exact) mass is 1530 g/mol. The third-order valence-electron chi connectivity index (χ3n) is 17.7. The Bertz CT molecular complexity index is 4870. The van der Waals surface area contributed by atoms with E-state index in [0.717, 1.165) is 144 Å². The van der Waals surface area contributed by atoms with E-state index in [1.165, 1.54) is 35.3 Å². The summed E-state index contributed by atoms with van der Waals surface area (Å²) in [6.07, 6.45) is -1.80. The van der Waals surface area contributed by atoms with Crippen LogP contribution in [0, 0.1) is 27.7 Å². The SMILES string of the molecule is CC(N)=CC(N)=Nc1cc(N2CCC2)nc(Sc2ccc(NC(=O)c3ncccc3C)cc2)n1.Cc1cc(Nc2cc(N3CC(N4CCOCC4)C3)nc(Sc3ccc(NC(=O)CC(F)(F)F)cc3)n2)n[nH]1.Cc1ccc2cc(Sc3nc(Nc4cc(C)[nH]n4)cc(N4CC(N5CC[C@@H](F)C5)C4)n3)ccc2n1.[HH].[HH].[HH].[HH].[HH].[HH].[HH]. The van der Waals surface area contributed by atoms with Crippen LogP contribution in [0.25, 0.3) is 10.9 Å². The summed E-state index contributed by atoms with van der Waals surface area (Å²) in [5.74, 6) is 4.51. The smallest absolute Gasteiger partial charge is 0.397 e. The number of aromatic amines is 2. The molecule has 5 fully saturated rings. The number of likely N-dealkylation sites (tertiary alicyclic amines) is 1. The van der Waals surface area contributed by atoms with Crippen molar-refractivity contribution >= 4 is 122 Å². The molecule has 27 nitrogen and oxygen atoms in total. The van der Waals surface area contributed by atoms with Gasteiger partial charge in [-0.05, 0) is 173 Å². The van der Waals surface area contributed by atoms with E-state index in [9.17, 15) is 27.2 Å². The van der Waals surface area contributed by atoms with Crippen LogP contribution >= 0.6 is 35.3 Å². The third kappa shape index (κ3) is 20.8. The number of nitrogens with two attached hydrogens (primary N) is 2. The zero-order chi connectivity index (χ0) is 74.7. The zero-order valence-corrected chi connectivity index (χ0v) is 61.8. The van der Waals surface area contributed by atoms with Gasteiger partial charge in [-0.2, -0.15) is 23.4 Å². The summed E-state index contributed by atoms with van der Waals surface area (Å²) >= 11 is 4.25. The summed E-state index contributed by atoms with van der Waals surface area (Å²) in [5, 5.41) is 28.8. The highest BCUT2D eigenvalue weighted by Gasteiger charge is 2.38. The Morgan fingerprint density at radius 3 is 1.72 bits per heavy atom. The minimum absolute atomic E-state index is 0. The number of hydrogen-bond donors (Lipinski definition) is 8. The number of aryl methyl sites for hydroxylation is 4. The van der Waals surface area contributed by atoms with Crippen LogP contribution in [-0.4, -0.2) is 191 Å². The van der Waals surface area contributed by atoms with Crippen molar-refractivity contribution in [1.29, 1.82) is 0 Å². The van der Waals surface area contributed by atoms with Crippen molar-refractivity contribution in [3.05, 3.63) is 168 Å². The summed E-state index contributed by atoms with van der Waals surface area (Å²) in [7, 11) is 0. The highest BCUT2D eigenvalue weighted by molar-refractivity contribution is 7.99. The molecule has 0 spiro atoms. The lowest BCUT2D eigenvalue weighted by Gasteiger charge is -2.47. The highest BCUT2D eigenvalue weighted by atomic mass is 32.2. The van der Waals surface area contributed by atoms with Crippen LogP contribution in [0.4, 0.5) is 75.5 Å². The van der Waals surface area contributed by atoms with Crippen LogP contribution in [0.3, 0.4) is 0 Å². The first-order valence-corrected chi connectivity index (χ1v) is 37.2. The number of hydrogen-bond acceptors (Lipinski definition) is 25. The maximum atomic E-state index is 13.7. The van der Waals surface area contributed by atoms with E-state index in [4.69, 9.17) is 31.2 Å². The quantitative estimate of drug-likeness (QED) is 0.0143. The molecule has 0 unspecified atom stereocenters. The van der Waals surface area contributed by atoms with E-state index in [2.05, 4.69) is 114 Å². The molecule has 34 heteroatoms. The molecule has 10 aromatic rings. The van der Waals surface area contributed by atoms with E-state index in [1.54, 1.807) is 49.5 Å². The fraction of sp³-hybridized carbons (Fsp3) is 0.329. The number of H-pyrrole nitrogens is 2. The van der Waals surface area contributed by atoms with Crippen LogP contribution in [0.15, 0.2) is 174 Å². The number of halogens is 4. The largest absolute Gasteiger partial charge is 0.402 e. The Morgan fingerprint density at radius 1 is 0.626 bits per heavy atom. The number of amides is 2. The van der Waals surface area contributed by atoms with Crippen molar-refractivity contribution < 1.29 is 41.9 Å². The van der Waals surface area contributed by atoms with Crippen LogP contribution in [0.2, 0.25) is 0 Å². The molecule has 5 aliphatic rings. The molecule has 7 aromatic heterocycles. The van der Waals surface area contributed by atoms with Gasteiger partial charge < -0.3 is 52.2 Å². The second-order valence-corrected chi connectivity index (χ2v) is 29.4. The molecule has 15 rings (SSSR count). The topological polar surface area (TPSA) is 333 Å². The number of amidine groups is 1. The normalized spacial score (nSPS) is 16.6. The Balaban J connectivity index is 0.000000259. The lowest BCUT2D eigenvalue weighted by Crippen LogP contribution is -2.61. The number of nitrogens with one attached hydrogen (secondary N) is 6. The third-order valence-corrected chi connectivity index (χ3v) is 20.3. The minimum atomic E-state index is -4.55. The van der Waals surface area contributed by atoms with E-state index in [-0.39, 0.29) is 27.4 Å². The van der Waals surface area contributed by atoms with E-state index >= 15 is 0 Å². The first-order chi connectivity index (χ1) is 51.5. The van der Waals surface area contributed by atoms with Gasteiger partial charge in [0, 0.05) is 178 Å². The van der Waals surface area contributed by atoms with Crippen LogP contribution < -0.4 is 47.4 Å². The van der Waals surface area contributed by atoms with Crippen molar-refractivity contribution in [3.8, 4) is 0 Å². The molecule has 0 saturated carbocycles. The van der Waals surface area contributed by atoms with Crippen LogP contribution in [0.5, 0.6) is 0 Å². The number of carbonyl (C=O) groups excluding carboxylic acids is 2. The Kier molecular flexibility index (Phi) is 23.7. The standard InChI is InChI=1S/C25H27FN8S.C24H27F3N8O2S.C24H26N8OS.7H2/c1-15-3-4-17-10-20(5-6-21(17)27-15)35-25-29-22(28-23-9-16(2)31-32-23)11-24(30-25)34-13-19(14-34)33-8-7-18(26)12-33;1-15-10-20(33-32-15)29-19-11-21(35-13-17(14-35)34-6-8-37-9-7-34)31-23(30-19)38-18-4-2-16(3-5-18)28-22(36)12-24(25,26)27;1-15-5-3-10-27-22(15)23(33)28-17-6-8-18(9-7-17)34-24-30-20(29-19(26)13-16(2)25)14-21(31-24)32-11-4-12-32;;;;;;;/h3-6,9-11,18-19H,7-8,12-14H2,1-2H3,(H2,28,29,30,31,32);2-5,10-11,17H,6-9,12-14H2,1H3,(H,28,36)(H2,29,30,31,32,33);3,5-10,13-14H,4,11-12,25H2,1-2H3,(H,28,33)(H2,26,29,30,31);7*1H/t18-;;;;;;;;;/m1........./s1. The molecule has 0 aliphatic carbocycles. The van der Waals surface area contributed by atoms with Gasteiger partial charge >= 0.3 is 6.18 Å². The van der Waals surface area contributed by atoms with Gasteiger partial charge in [-0.25, -0.2) is 39.3 Å². The Morgan fingerprint density at radius 2 is 1.19 bits per heavy atom. The predicted molar refractivity (Wildman–Crippen MR) is 424 cm³/mol. The number of morpholine rings is 1. The highest BCUT2D eigenvalue weighted by Crippen LogP contribution is 2.37. The summed E-state index contributed by atoms with van der Waals surface area (Å²) in [4.78, 5) is 79.5. The molecule has 570 valence electrons. The maximum absolute atomic E-state index is 13.7. The van der Waals surface area contributed by atoms with E-state index in [0.29, 0.717) is 86.7 Å². The predicted octanol–water partition coefficient (Wildman–Crippen LogP) is 13.7. The summed E-state index contributed by atoms with van der Waals surface area (Å²) in [6.45, 7) is 19.5. The van der Waals surface area contributed by atoms with Gasteiger partial charge in [0.1, 0.15) is 53.2 Å². The van der Waals surface area contributed by atoms with Gasteiger partial charge in [0.05, 0.1) is 18.7 Å². The van der Waals surface area contributed by atoms with Gasteiger partial charge in [0.25, 0.3) is 5.91 Å². The Labute approximate surface area is 637 Å². The number of carbonyl (C=O) groups is 2. The molecule has 1 atom stereocenters. The molecule has 2 amide bonds. The summed E-state index contributed by atoms with van der Waals surface area (Å²) in [5.41, 5.74) is 18.3. The van der Waals surface area contributed by atoms with Gasteiger partial charge in [0.15, 0.2) is 32.9 Å². The number of aliphatic imine (C=N–C) groups is 1. The number of nitrogens with zero attached hydrogens (tertiary/aromatic N) is 16. The van der Waals surface area contributed by atoms with Crippen molar-refractivity contribution in [1.82, 2.24) is 70.1 Å². The van der Waals surface area contributed by atoms with Crippen molar-refractivity contribution in [2.75, 3.05) is 115 Å². The number of aromatic nitrogens is 12. The van der Waals surface area contributed by atoms with Crippen molar-refractivity contribution in [3.63, 3.8) is 0 Å². The zero-order valence-electron chi connectivity index (χ0n) is 59.3. The molecule has 10 N–H and O–H groups in total. The number of fused-ring (bicyclic) bond motifs is 1. The number of anilines is 9. The number of allylic oxidation sites excluding steroid dienone is 1. The average Bonchev–Trinajstić information content (AvgIpc) is 1.37. The molecule has 5 saturated heterocycles. The summed E-state index contributed by atoms with van der Waals surface area (Å²) < 4.78 is 56.4. The number of ether oxygens (including phenoxy) is 1. The molecule has 5 aliphatic heterocycles. The van der Waals surface area contributed by atoms with Crippen LogP contribution in [-0.2, 0) is 9.53 Å². The second-order valence-electron chi connectivity index (χ2n) is 26.3. The molecule has 12 heterocycles. The summed E-state index contributed by atoms with van der Waals surface area (Å²) in [6, 6.07) is 38.3. The second kappa shape index (κ2) is 33.9. The molecular formula is C73H94F4N24O3S3. The number of benzene rings is 3. The first-order valence-electron chi connectivity index (χ1n) is 34.7. The van der Waals surface area contributed by atoms with Crippen molar-refractivity contribution in [2.45, 2.75) is 108 Å². The minimum Gasteiger partial charge on any atom is -0.402 e. The average molecular weight is 1530 g/mol. The van der Waals surface area contributed by atoms with Crippen LogP contribution in [0.1, 0.15) is 69.3 Å². The van der Waals surface area contributed by atoms with Gasteiger partial charge in [-0.3, -0.25) is 39.6 Å². The van der Waals surface area contributed by atoms with Crippen molar-refractivity contribution in [2.24, 2.45) is 16.5 Å². The first kappa shape index (κ1) is 74.7. The molecule has 0 bridgehead atoms. The number of pyridine rings is 2. The van der Waals surface area contributed by atoms with Gasteiger partial charge in [-0.15, -0.1) is 0 Å². The number of alkyl halides is 4. The molecular weight excluding hydrogens is 1430 g/mol. The lowest BCUT2D eigenvalue weighted by molar-refractivity contribution is -0.150. The lowest BCUT2D eigenvalue weighted by atomic mass is 10.1. The number of rotatable bonds is 21. The van der Waals surface area contributed by atoms with Gasteiger partial charge in [-0.1, -0.05) is 12.1 Å². The van der Waals surface area contributed by atoms with Gasteiger partial charge in [0.2, 0.25) is 5.91 Å².